The first-order valence-corrected chi connectivity index (χ1v) is 13.7. The second kappa shape index (κ2) is 10.6. The lowest BCUT2D eigenvalue weighted by atomic mass is 9.96. The van der Waals surface area contributed by atoms with Crippen molar-refractivity contribution in [2.24, 2.45) is 0 Å². The van der Waals surface area contributed by atoms with Gasteiger partial charge in [-0.1, -0.05) is 19.3 Å². The summed E-state index contributed by atoms with van der Waals surface area (Å²) in [6.07, 6.45) is 9.88. The summed E-state index contributed by atoms with van der Waals surface area (Å²) in [6.45, 7) is 1.37. The Kier molecular flexibility index (Phi) is 7.81. The third kappa shape index (κ3) is 5.46. The Labute approximate surface area is 198 Å². The molecule has 1 amide bonds. The summed E-state index contributed by atoms with van der Waals surface area (Å²) in [4.78, 5) is 14.8. The van der Waals surface area contributed by atoms with Crippen molar-refractivity contribution >= 4 is 16.1 Å². The van der Waals surface area contributed by atoms with Crippen LogP contribution in [0.4, 0.5) is 0 Å². The average molecular weight is 480 g/mol. The number of carbonyl (C=O) groups excluding carboxylic acids is 1. The van der Waals surface area contributed by atoms with Gasteiger partial charge in [0.15, 0.2) is 11.5 Å². The number of benzene rings is 1. The van der Waals surface area contributed by atoms with Gasteiger partial charge in [-0.15, -0.1) is 0 Å². The Morgan fingerprint density at radius 3 is 2.21 bits per heavy atom. The number of carbonyl (C=O) groups is 1. The fourth-order valence-corrected chi connectivity index (χ4v) is 6.78. The molecule has 33 heavy (non-hydrogen) atoms. The average Bonchev–Trinajstić information content (AvgIpc) is 3.37. The molecule has 1 saturated heterocycles. The predicted molar refractivity (Wildman–Crippen MR) is 127 cm³/mol. The summed E-state index contributed by atoms with van der Waals surface area (Å²) >= 11 is 0. The van der Waals surface area contributed by atoms with Gasteiger partial charge in [0, 0.05) is 44.8 Å². The molecule has 2 saturated carbocycles. The quantitative estimate of drug-likeness (QED) is 0.600. The number of amides is 1. The number of hydrogen-bond acceptors (Lipinski definition) is 5. The molecule has 1 aromatic rings. The van der Waals surface area contributed by atoms with Crippen LogP contribution < -0.4 is 9.47 Å². The standard InChI is InChI=1S/C24H37N3O5S/c1-25(20-8-4-3-5-9-20)33(29,30)27-16-14-26(15-17-27)24(28)19-12-13-22(23(18-19)31-2)32-21-10-6-7-11-21/h12-13,18,20-21H,3-11,14-17H2,1-2H3. The van der Waals surface area contributed by atoms with Crippen LogP contribution in [-0.2, 0) is 10.2 Å². The summed E-state index contributed by atoms with van der Waals surface area (Å²) < 4.78 is 40.9. The molecule has 8 nitrogen and oxygen atoms in total. The van der Waals surface area contributed by atoms with E-state index in [0.29, 0.717) is 43.2 Å². The van der Waals surface area contributed by atoms with E-state index < -0.39 is 10.2 Å². The van der Waals surface area contributed by atoms with E-state index in [0.717, 1.165) is 38.5 Å². The van der Waals surface area contributed by atoms with E-state index in [1.807, 2.05) is 6.07 Å². The van der Waals surface area contributed by atoms with E-state index in [-0.39, 0.29) is 18.1 Å². The molecule has 3 fully saturated rings. The normalized spacial score (nSPS) is 21.5. The van der Waals surface area contributed by atoms with E-state index >= 15 is 0 Å². The second-order valence-electron chi connectivity index (χ2n) is 9.40. The van der Waals surface area contributed by atoms with Gasteiger partial charge in [0.2, 0.25) is 0 Å². The van der Waals surface area contributed by atoms with Gasteiger partial charge in [-0.25, -0.2) is 0 Å². The molecule has 9 heteroatoms. The minimum absolute atomic E-state index is 0.0841. The van der Waals surface area contributed by atoms with Gasteiger partial charge in [-0.05, 0) is 56.7 Å². The van der Waals surface area contributed by atoms with Crippen molar-refractivity contribution in [1.82, 2.24) is 13.5 Å². The highest BCUT2D eigenvalue weighted by Gasteiger charge is 2.35. The van der Waals surface area contributed by atoms with Crippen LogP contribution in [0.3, 0.4) is 0 Å². The largest absolute Gasteiger partial charge is 0.493 e. The number of ether oxygens (including phenoxy) is 2. The molecule has 2 aliphatic carbocycles. The lowest BCUT2D eigenvalue weighted by Gasteiger charge is -2.38. The van der Waals surface area contributed by atoms with Crippen LogP contribution in [0.5, 0.6) is 11.5 Å². The highest BCUT2D eigenvalue weighted by atomic mass is 32.2. The van der Waals surface area contributed by atoms with Crippen molar-refractivity contribution in [3.63, 3.8) is 0 Å². The van der Waals surface area contributed by atoms with Gasteiger partial charge in [-0.2, -0.15) is 17.0 Å². The first-order chi connectivity index (χ1) is 15.9. The van der Waals surface area contributed by atoms with Crippen LogP contribution >= 0.6 is 0 Å². The first kappa shape index (κ1) is 24.3. The van der Waals surface area contributed by atoms with E-state index in [1.165, 1.54) is 23.6 Å². The molecule has 0 N–H and O–H groups in total. The van der Waals surface area contributed by atoms with E-state index in [1.54, 1.807) is 35.5 Å². The Morgan fingerprint density at radius 1 is 0.939 bits per heavy atom. The van der Waals surface area contributed by atoms with Crippen LogP contribution in [0.15, 0.2) is 18.2 Å². The van der Waals surface area contributed by atoms with Crippen LogP contribution in [0.1, 0.15) is 68.1 Å². The summed E-state index contributed by atoms with van der Waals surface area (Å²) in [5.74, 6) is 1.11. The molecule has 3 aliphatic rings. The molecule has 0 unspecified atom stereocenters. The van der Waals surface area contributed by atoms with Crippen LogP contribution in [0.2, 0.25) is 0 Å². The number of methoxy groups -OCH3 is 1. The monoisotopic (exact) mass is 479 g/mol. The van der Waals surface area contributed by atoms with Gasteiger partial charge in [-0.3, -0.25) is 4.79 Å². The highest BCUT2D eigenvalue weighted by molar-refractivity contribution is 7.86. The maximum absolute atomic E-state index is 13.1. The van der Waals surface area contributed by atoms with E-state index in [9.17, 15) is 13.2 Å². The Bertz CT molecular complexity index is 918. The van der Waals surface area contributed by atoms with Crippen LogP contribution in [0, 0.1) is 0 Å². The van der Waals surface area contributed by atoms with Crippen molar-refractivity contribution in [1.29, 1.82) is 0 Å². The lowest BCUT2D eigenvalue weighted by Crippen LogP contribution is -2.55. The smallest absolute Gasteiger partial charge is 0.282 e. The van der Waals surface area contributed by atoms with Gasteiger partial charge in [0.05, 0.1) is 13.2 Å². The fourth-order valence-electron chi connectivity index (χ4n) is 5.20. The maximum atomic E-state index is 13.1. The zero-order valence-electron chi connectivity index (χ0n) is 19.9. The Balaban J connectivity index is 1.36. The molecule has 1 heterocycles. The summed E-state index contributed by atoms with van der Waals surface area (Å²) in [5.41, 5.74) is 0.529. The van der Waals surface area contributed by atoms with Gasteiger partial charge >= 0.3 is 0 Å². The van der Waals surface area contributed by atoms with Crippen molar-refractivity contribution in [3.05, 3.63) is 23.8 Å². The van der Waals surface area contributed by atoms with Crippen molar-refractivity contribution in [3.8, 4) is 11.5 Å². The van der Waals surface area contributed by atoms with Gasteiger partial charge < -0.3 is 14.4 Å². The molecule has 4 rings (SSSR count). The van der Waals surface area contributed by atoms with Crippen LogP contribution in [-0.4, -0.2) is 80.3 Å². The number of rotatable bonds is 7. The van der Waals surface area contributed by atoms with Crippen LogP contribution in [0.25, 0.3) is 0 Å². The number of piperazine rings is 1. The molecular formula is C24H37N3O5S. The van der Waals surface area contributed by atoms with E-state index in [2.05, 4.69) is 0 Å². The highest BCUT2D eigenvalue weighted by Crippen LogP contribution is 2.33. The molecule has 1 aromatic carbocycles. The molecule has 0 atom stereocenters. The molecule has 0 aromatic heterocycles. The van der Waals surface area contributed by atoms with Crippen molar-refractivity contribution in [2.45, 2.75) is 69.9 Å². The number of hydrogen-bond donors (Lipinski definition) is 0. The minimum atomic E-state index is -3.51. The second-order valence-corrected chi connectivity index (χ2v) is 11.4. The van der Waals surface area contributed by atoms with E-state index in [4.69, 9.17) is 9.47 Å². The number of nitrogens with zero attached hydrogens (tertiary/aromatic N) is 3. The first-order valence-electron chi connectivity index (χ1n) is 12.3. The summed E-state index contributed by atoms with van der Waals surface area (Å²) in [6, 6.07) is 5.40. The maximum Gasteiger partial charge on any atom is 0.282 e. The molecule has 1 aliphatic heterocycles. The van der Waals surface area contributed by atoms with Gasteiger partial charge in [0.25, 0.3) is 16.1 Å². The minimum Gasteiger partial charge on any atom is -0.493 e. The predicted octanol–water partition coefficient (Wildman–Crippen LogP) is 3.28. The third-order valence-corrected chi connectivity index (χ3v) is 9.36. The molecule has 0 radical (unpaired) electrons. The topological polar surface area (TPSA) is 79.4 Å². The van der Waals surface area contributed by atoms with Crippen molar-refractivity contribution in [2.75, 3.05) is 40.3 Å². The zero-order valence-corrected chi connectivity index (χ0v) is 20.7. The third-order valence-electron chi connectivity index (χ3n) is 7.31. The molecule has 0 bridgehead atoms. The lowest BCUT2D eigenvalue weighted by molar-refractivity contribution is 0.0692. The molecular weight excluding hydrogens is 442 g/mol. The Hall–Kier alpha value is -1.84. The van der Waals surface area contributed by atoms with Gasteiger partial charge in [0.1, 0.15) is 0 Å². The summed E-state index contributed by atoms with van der Waals surface area (Å²) in [5, 5.41) is 0. The summed E-state index contributed by atoms with van der Waals surface area (Å²) in [7, 11) is -0.232. The zero-order chi connectivity index (χ0) is 23.4. The molecule has 0 spiro atoms. The molecule has 184 valence electrons. The SMILES string of the molecule is COc1cc(C(=O)N2CCN(S(=O)(=O)N(C)C3CCCCC3)CC2)ccc1OC1CCCC1. The van der Waals surface area contributed by atoms with Crippen molar-refractivity contribution < 1.29 is 22.7 Å². The fraction of sp³-hybridized carbons (Fsp3) is 0.708. The Morgan fingerprint density at radius 2 is 1.58 bits per heavy atom.